The van der Waals surface area contributed by atoms with Crippen LogP contribution in [0.2, 0.25) is 2.82 Å². The van der Waals surface area contributed by atoms with Crippen LogP contribution in [0.4, 0.5) is 0 Å². The summed E-state index contributed by atoms with van der Waals surface area (Å²) in [6.07, 6.45) is 1.00. The Bertz CT molecular complexity index is 143. The van der Waals surface area contributed by atoms with Gasteiger partial charge in [-0.05, 0) is 19.5 Å². The third kappa shape index (κ3) is 6.95. The van der Waals surface area contributed by atoms with Gasteiger partial charge < -0.3 is 21.3 Å². The number of hydrogen-bond donors (Lipinski definition) is 4. The van der Waals surface area contributed by atoms with Crippen LogP contribution in [0.3, 0.4) is 0 Å². The van der Waals surface area contributed by atoms with E-state index >= 15 is 0 Å². The van der Waals surface area contributed by atoms with Gasteiger partial charge in [-0.3, -0.25) is 0 Å². The molecule has 13 heavy (non-hydrogen) atoms. The van der Waals surface area contributed by atoms with Crippen LogP contribution in [0, 0.1) is 0 Å². The predicted molar refractivity (Wildman–Crippen MR) is 56.1 cm³/mol. The Kier molecular flexibility index (Phi) is 5.31. The molecule has 0 aromatic heterocycles. The zero-order chi connectivity index (χ0) is 10.9. The van der Waals surface area contributed by atoms with Gasteiger partial charge in [0.05, 0.1) is 0 Å². The molecule has 0 saturated carbocycles. The number of hydrogen-bond acceptors (Lipinski definition) is 4. The lowest BCUT2D eigenvalue weighted by Crippen LogP contribution is -2.34. The Morgan fingerprint density at radius 1 is 0.615 bits per heavy atom. The molecule has 78 valence electrons. The van der Waals surface area contributed by atoms with Gasteiger partial charge >= 0.3 is 0 Å². The van der Waals surface area contributed by atoms with Gasteiger partial charge in [0.15, 0.2) is 0 Å². The highest BCUT2D eigenvalue weighted by molar-refractivity contribution is 4.59. The summed E-state index contributed by atoms with van der Waals surface area (Å²) >= 11 is 0. The van der Waals surface area contributed by atoms with Gasteiger partial charge in [-0.15, -0.1) is 0 Å². The van der Waals surface area contributed by atoms with Crippen LogP contribution in [-0.4, -0.2) is 52.4 Å². The molecule has 0 radical (unpaired) electrons. The molecule has 0 bridgehead atoms. The molecule has 1 heterocycles. The van der Waals surface area contributed by atoms with Crippen molar-refractivity contribution in [1.29, 1.82) is 0 Å². The van der Waals surface area contributed by atoms with E-state index in [0.717, 1.165) is 45.7 Å². The molecule has 0 unspecified atom stereocenters. The minimum absolute atomic E-state index is 0.651. The van der Waals surface area contributed by atoms with Crippen LogP contribution in [0.25, 0.3) is 0 Å². The second-order valence-corrected chi connectivity index (χ2v) is 3.20. The minimum Gasteiger partial charge on any atom is -0.315 e. The first-order valence-electron chi connectivity index (χ1n) is 6.07. The Morgan fingerprint density at radius 3 is 2.00 bits per heavy atom. The van der Waals surface area contributed by atoms with Crippen LogP contribution >= 0.6 is 0 Å². The lowest BCUT2D eigenvalue weighted by molar-refractivity contribution is 0.588. The summed E-state index contributed by atoms with van der Waals surface area (Å²) in [5.74, 6) is 0. The molecular weight excluding hydrogens is 164 g/mol. The van der Waals surface area contributed by atoms with Crippen molar-refractivity contribution in [2.75, 3.05) is 52.4 Å². The van der Waals surface area contributed by atoms with Gasteiger partial charge in [0.25, 0.3) is 0 Å². The van der Waals surface area contributed by atoms with E-state index in [1.165, 1.54) is 5.31 Å². The van der Waals surface area contributed by atoms with E-state index in [0.29, 0.717) is 13.1 Å². The first-order valence-corrected chi connectivity index (χ1v) is 5.18. The van der Waals surface area contributed by atoms with Crippen molar-refractivity contribution in [1.82, 2.24) is 21.3 Å². The van der Waals surface area contributed by atoms with Crippen molar-refractivity contribution in [2.24, 2.45) is 0 Å². The second kappa shape index (κ2) is 8.44. The van der Waals surface area contributed by atoms with Crippen molar-refractivity contribution in [3.8, 4) is 0 Å². The maximum absolute atomic E-state index is 7.63. The molecule has 0 amide bonds. The monoisotopic (exact) mass is 188 g/mol. The Hall–Kier alpha value is -0.160. The molecule has 1 saturated heterocycles. The van der Waals surface area contributed by atoms with E-state index in [1.54, 1.807) is 5.31 Å². The van der Waals surface area contributed by atoms with E-state index in [-0.39, 0.29) is 0 Å². The zero-order valence-electron chi connectivity index (χ0n) is 10.3. The number of nitrogens with one attached hydrogen (secondary N) is 4. The van der Waals surface area contributed by atoms with E-state index < -0.39 is 0 Å². The second-order valence-electron chi connectivity index (χ2n) is 3.20. The molecule has 0 atom stereocenters. The van der Waals surface area contributed by atoms with Gasteiger partial charge in [-0.1, -0.05) is 0 Å². The molecule has 1 rings (SSSR count). The Labute approximate surface area is 83.8 Å². The molecule has 0 spiro atoms. The largest absolute Gasteiger partial charge is 0.315 e. The smallest absolute Gasteiger partial charge is 0.122 e. The summed E-state index contributed by atoms with van der Waals surface area (Å²) < 4.78 is 15.2. The molecule has 0 aromatic rings. The Balaban J connectivity index is 2.22. The third-order valence-corrected chi connectivity index (χ3v) is 2.01. The fourth-order valence-corrected chi connectivity index (χ4v) is 1.27. The van der Waals surface area contributed by atoms with Crippen LogP contribution in [-0.2, 0) is 0 Å². The summed E-state index contributed by atoms with van der Waals surface area (Å²) in [5.41, 5.74) is 0. The van der Waals surface area contributed by atoms with Crippen molar-refractivity contribution in [3.05, 3.63) is 0 Å². The lowest BCUT2D eigenvalue weighted by atomic mass is 10.4. The average molecular weight is 188 g/mol. The first kappa shape index (κ1) is 8.17. The van der Waals surface area contributed by atoms with Crippen LogP contribution < -0.4 is 21.3 Å². The maximum Gasteiger partial charge on any atom is 0.122 e. The number of rotatable bonds is 0. The Morgan fingerprint density at radius 2 is 1.15 bits per heavy atom. The van der Waals surface area contributed by atoms with Crippen molar-refractivity contribution in [2.45, 2.75) is 6.42 Å². The molecular formula is C9H22N4. The van der Waals surface area contributed by atoms with Crippen LogP contribution in [0.5, 0.6) is 0 Å². The topological polar surface area (TPSA) is 48.1 Å². The zero-order valence-corrected chi connectivity index (χ0v) is 8.26. The summed E-state index contributed by atoms with van der Waals surface area (Å²) in [6.45, 7) is 6.57. The van der Waals surface area contributed by atoms with E-state index in [1.807, 2.05) is 0 Å². The SMILES string of the molecule is [2H]N1CCCNCCNCCN([2H])CC1. The minimum atomic E-state index is 0.651. The third-order valence-electron chi connectivity index (χ3n) is 2.01. The molecule has 1 aliphatic rings. The molecule has 1 aliphatic heterocycles. The summed E-state index contributed by atoms with van der Waals surface area (Å²) in [6, 6.07) is 0. The molecule has 1 fully saturated rings. The summed E-state index contributed by atoms with van der Waals surface area (Å²) in [5, 5.41) is 9.68. The van der Waals surface area contributed by atoms with Crippen molar-refractivity contribution >= 4 is 0 Å². The van der Waals surface area contributed by atoms with Gasteiger partial charge in [0.2, 0.25) is 0 Å². The lowest BCUT2D eigenvalue weighted by Gasteiger charge is -2.05. The van der Waals surface area contributed by atoms with Crippen molar-refractivity contribution in [3.63, 3.8) is 0 Å². The molecule has 4 N–H and O–H groups in total. The fraction of sp³-hybridized carbons (Fsp3) is 1.00. The molecule has 4 heteroatoms. The summed E-state index contributed by atoms with van der Waals surface area (Å²) in [7, 11) is 0. The maximum atomic E-state index is 7.63. The fourth-order valence-electron chi connectivity index (χ4n) is 1.27. The van der Waals surface area contributed by atoms with E-state index in [9.17, 15) is 0 Å². The predicted octanol–water partition coefficient (Wildman–Crippen LogP) is -1.25. The van der Waals surface area contributed by atoms with Crippen LogP contribution in [0.15, 0.2) is 0 Å². The van der Waals surface area contributed by atoms with Gasteiger partial charge in [-0.25, -0.2) is 0 Å². The van der Waals surface area contributed by atoms with E-state index in [2.05, 4.69) is 10.6 Å². The quantitative estimate of drug-likeness (QED) is 0.384. The highest BCUT2D eigenvalue weighted by Crippen LogP contribution is 1.73. The highest BCUT2D eigenvalue weighted by atomic mass is 15.0. The van der Waals surface area contributed by atoms with Crippen molar-refractivity contribution < 1.29 is 2.82 Å². The summed E-state index contributed by atoms with van der Waals surface area (Å²) in [4.78, 5) is 0. The van der Waals surface area contributed by atoms with Crippen LogP contribution in [0.1, 0.15) is 6.42 Å². The van der Waals surface area contributed by atoms with Gasteiger partial charge in [0, 0.05) is 39.3 Å². The highest BCUT2D eigenvalue weighted by Gasteiger charge is 1.92. The average Bonchev–Trinajstić information content (AvgIpc) is 2.24. The molecule has 0 aliphatic carbocycles. The van der Waals surface area contributed by atoms with Gasteiger partial charge in [0.1, 0.15) is 2.82 Å². The molecule has 4 nitrogen and oxygen atoms in total. The van der Waals surface area contributed by atoms with Gasteiger partial charge in [-0.2, -0.15) is 0 Å². The molecule has 0 aromatic carbocycles. The normalized spacial score (nSPS) is 29.2. The first-order chi connectivity index (χ1) is 7.29. The van der Waals surface area contributed by atoms with E-state index in [4.69, 9.17) is 2.82 Å². The standard InChI is InChI=1S/C9H22N4/c1-2-10-4-6-12-8-9-13-7-5-11-3-1/h10-13H,1-9H2/i/hD2.